The maximum absolute atomic E-state index is 12.2. The monoisotopic (exact) mass is 326 g/mol. The fraction of sp³-hybridized carbons (Fsp3) is 0.600. The van der Waals surface area contributed by atoms with Crippen molar-refractivity contribution in [2.45, 2.75) is 18.9 Å². The molecule has 1 aromatic heterocycles. The molecule has 0 radical (unpaired) electrons. The van der Waals surface area contributed by atoms with Crippen LogP contribution in [0.25, 0.3) is 0 Å². The fourth-order valence-corrected chi connectivity index (χ4v) is 3.05. The maximum atomic E-state index is 12.2. The van der Waals surface area contributed by atoms with Crippen molar-refractivity contribution in [1.82, 2.24) is 10.2 Å². The van der Waals surface area contributed by atoms with Crippen LogP contribution in [0.3, 0.4) is 0 Å². The second-order valence-corrected chi connectivity index (χ2v) is 6.10. The zero-order chi connectivity index (χ0) is 15.8. The highest BCUT2D eigenvalue weighted by atomic mass is 32.1. The van der Waals surface area contributed by atoms with Gasteiger partial charge < -0.3 is 19.7 Å². The Balaban J connectivity index is 1.66. The molecule has 1 saturated heterocycles. The summed E-state index contributed by atoms with van der Waals surface area (Å²) in [7, 11) is 1.59. The average molecular weight is 326 g/mol. The fourth-order valence-electron chi connectivity index (χ4n) is 2.36. The minimum Gasteiger partial charge on any atom is -0.382 e. The molecule has 1 aliphatic rings. The van der Waals surface area contributed by atoms with Crippen LogP contribution < -0.4 is 5.32 Å². The van der Waals surface area contributed by atoms with E-state index in [-0.39, 0.29) is 24.5 Å². The third-order valence-corrected chi connectivity index (χ3v) is 4.40. The number of methoxy groups -OCH3 is 1. The molecule has 6 nitrogen and oxygen atoms in total. The van der Waals surface area contributed by atoms with Crippen molar-refractivity contribution in [3.63, 3.8) is 0 Å². The molecule has 1 N–H and O–H groups in total. The lowest BCUT2D eigenvalue weighted by molar-refractivity contribution is -0.127. The molecule has 0 unspecified atom stereocenters. The van der Waals surface area contributed by atoms with Crippen molar-refractivity contribution in [1.29, 1.82) is 0 Å². The summed E-state index contributed by atoms with van der Waals surface area (Å²) >= 11 is 1.46. The van der Waals surface area contributed by atoms with E-state index in [1.807, 2.05) is 22.4 Å². The molecule has 2 amide bonds. The Bertz CT molecular complexity index is 470. The Labute approximate surface area is 134 Å². The van der Waals surface area contributed by atoms with Crippen LogP contribution in [0.15, 0.2) is 17.5 Å². The SMILES string of the molecule is COCCOCC(=O)NC1CCN(C(=O)c2cccs2)CC1. The zero-order valence-corrected chi connectivity index (χ0v) is 13.6. The van der Waals surface area contributed by atoms with Gasteiger partial charge >= 0.3 is 0 Å². The summed E-state index contributed by atoms with van der Waals surface area (Å²) in [6, 6.07) is 3.85. The number of nitrogens with one attached hydrogen (secondary N) is 1. The first-order chi connectivity index (χ1) is 10.7. The first-order valence-electron chi connectivity index (χ1n) is 7.39. The molecule has 0 spiro atoms. The summed E-state index contributed by atoms with van der Waals surface area (Å²) in [5.41, 5.74) is 0. The van der Waals surface area contributed by atoms with Crippen LogP contribution in [-0.4, -0.2) is 62.8 Å². The number of piperidine rings is 1. The molecule has 22 heavy (non-hydrogen) atoms. The predicted molar refractivity (Wildman–Crippen MR) is 84.1 cm³/mol. The first-order valence-corrected chi connectivity index (χ1v) is 8.27. The number of thiophene rings is 1. The number of ether oxygens (including phenoxy) is 2. The van der Waals surface area contributed by atoms with E-state index in [1.165, 1.54) is 11.3 Å². The largest absolute Gasteiger partial charge is 0.382 e. The molecular formula is C15H22N2O4S. The van der Waals surface area contributed by atoms with E-state index in [0.717, 1.165) is 17.7 Å². The Morgan fingerprint density at radius 1 is 1.36 bits per heavy atom. The number of nitrogens with zero attached hydrogens (tertiary/aromatic N) is 1. The van der Waals surface area contributed by atoms with Crippen LogP contribution in [-0.2, 0) is 14.3 Å². The van der Waals surface area contributed by atoms with Gasteiger partial charge in [0.2, 0.25) is 5.91 Å². The summed E-state index contributed by atoms with van der Waals surface area (Å²) in [5, 5.41) is 4.86. The number of likely N-dealkylation sites (tertiary alicyclic amines) is 1. The Hall–Kier alpha value is -1.44. The Morgan fingerprint density at radius 2 is 2.14 bits per heavy atom. The molecule has 1 aliphatic heterocycles. The number of hydrogen-bond donors (Lipinski definition) is 1. The van der Waals surface area contributed by atoms with Gasteiger partial charge in [0, 0.05) is 26.2 Å². The molecule has 1 fully saturated rings. The van der Waals surface area contributed by atoms with Crippen LogP contribution in [0.5, 0.6) is 0 Å². The van der Waals surface area contributed by atoms with E-state index in [4.69, 9.17) is 9.47 Å². The van der Waals surface area contributed by atoms with Gasteiger partial charge in [-0.05, 0) is 24.3 Å². The molecule has 0 atom stereocenters. The molecular weight excluding hydrogens is 304 g/mol. The Kier molecular flexibility index (Phi) is 6.82. The highest BCUT2D eigenvalue weighted by molar-refractivity contribution is 7.12. The number of hydrogen-bond acceptors (Lipinski definition) is 5. The van der Waals surface area contributed by atoms with Gasteiger partial charge in [0.1, 0.15) is 6.61 Å². The van der Waals surface area contributed by atoms with E-state index in [2.05, 4.69) is 5.32 Å². The van der Waals surface area contributed by atoms with Gasteiger partial charge in [-0.1, -0.05) is 6.07 Å². The van der Waals surface area contributed by atoms with E-state index in [9.17, 15) is 9.59 Å². The lowest BCUT2D eigenvalue weighted by Crippen LogP contribution is -2.47. The normalized spacial score (nSPS) is 15.8. The van der Waals surface area contributed by atoms with Crippen LogP contribution in [0, 0.1) is 0 Å². The van der Waals surface area contributed by atoms with Crippen molar-refractivity contribution in [3.05, 3.63) is 22.4 Å². The molecule has 0 bridgehead atoms. The maximum Gasteiger partial charge on any atom is 0.263 e. The van der Waals surface area contributed by atoms with Crippen LogP contribution in [0.4, 0.5) is 0 Å². The van der Waals surface area contributed by atoms with Gasteiger partial charge in [-0.2, -0.15) is 0 Å². The smallest absolute Gasteiger partial charge is 0.263 e. The van der Waals surface area contributed by atoms with Crippen molar-refractivity contribution in [2.75, 3.05) is 40.0 Å². The van der Waals surface area contributed by atoms with E-state index < -0.39 is 0 Å². The second kappa shape index (κ2) is 8.87. The minimum atomic E-state index is -0.112. The van der Waals surface area contributed by atoms with Crippen LogP contribution >= 0.6 is 11.3 Å². The van der Waals surface area contributed by atoms with Gasteiger partial charge in [0.15, 0.2) is 0 Å². The molecule has 0 saturated carbocycles. The van der Waals surface area contributed by atoms with Gasteiger partial charge in [0.05, 0.1) is 18.1 Å². The third kappa shape index (κ3) is 5.08. The van der Waals surface area contributed by atoms with E-state index in [0.29, 0.717) is 26.3 Å². The summed E-state index contributed by atoms with van der Waals surface area (Å²) in [6.07, 6.45) is 1.56. The summed E-state index contributed by atoms with van der Waals surface area (Å²) in [6.45, 7) is 2.30. The topological polar surface area (TPSA) is 67.9 Å². The number of amides is 2. The molecule has 122 valence electrons. The molecule has 2 heterocycles. The Morgan fingerprint density at radius 3 is 2.77 bits per heavy atom. The van der Waals surface area contributed by atoms with Crippen LogP contribution in [0.1, 0.15) is 22.5 Å². The van der Waals surface area contributed by atoms with Crippen molar-refractivity contribution >= 4 is 23.2 Å². The highest BCUT2D eigenvalue weighted by Crippen LogP contribution is 2.17. The second-order valence-electron chi connectivity index (χ2n) is 5.16. The predicted octanol–water partition coefficient (Wildman–Crippen LogP) is 1.13. The van der Waals surface area contributed by atoms with Gasteiger partial charge in [-0.25, -0.2) is 0 Å². The zero-order valence-electron chi connectivity index (χ0n) is 12.7. The number of carbonyl (C=O) groups excluding carboxylic acids is 2. The average Bonchev–Trinajstić information content (AvgIpc) is 3.06. The first kappa shape index (κ1) is 16.9. The standard InChI is InChI=1S/C15H22N2O4S/c1-20-8-9-21-11-14(18)16-12-4-6-17(7-5-12)15(19)13-3-2-10-22-13/h2-3,10,12H,4-9,11H2,1H3,(H,16,18). The molecule has 0 aliphatic carbocycles. The highest BCUT2D eigenvalue weighted by Gasteiger charge is 2.24. The van der Waals surface area contributed by atoms with Crippen LogP contribution in [0.2, 0.25) is 0 Å². The number of rotatable bonds is 7. The summed E-state index contributed by atoms with van der Waals surface area (Å²) in [4.78, 5) is 26.6. The minimum absolute atomic E-state index is 0.0533. The number of carbonyl (C=O) groups is 2. The quantitative estimate of drug-likeness (QED) is 0.763. The van der Waals surface area contributed by atoms with Gasteiger partial charge in [0.25, 0.3) is 5.91 Å². The molecule has 2 rings (SSSR count). The summed E-state index contributed by atoms with van der Waals surface area (Å²) < 4.78 is 10.0. The molecule has 7 heteroatoms. The van der Waals surface area contributed by atoms with Gasteiger partial charge in [-0.15, -0.1) is 11.3 Å². The molecule has 1 aromatic rings. The van der Waals surface area contributed by atoms with Crippen molar-refractivity contribution in [3.8, 4) is 0 Å². The van der Waals surface area contributed by atoms with E-state index in [1.54, 1.807) is 7.11 Å². The summed E-state index contributed by atoms with van der Waals surface area (Å²) in [5.74, 6) is -0.0261. The lowest BCUT2D eigenvalue weighted by Gasteiger charge is -2.32. The third-order valence-electron chi connectivity index (χ3n) is 3.54. The van der Waals surface area contributed by atoms with Gasteiger partial charge in [-0.3, -0.25) is 9.59 Å². The van der Waals surface area contributed by atoms with Crippen molar-refractivity contribution in [2.24, 2.45) is 0 Å². The van der Waals surface area contributed by atoms with E-state index >= 15 is 0 Å². The van der Waals surface area contributed by atoms with Crippen molar-refractivity contribution < 1.29 is 19.1 Å². The molecule has 0 aromatic carbocycles. The lowest BCUT2D eigenvalue weighted by atomic mass is 10.0.